The Kier molecular flexibility index (Phi) is 8.39. The van der Waals surface area contributed by atoms with Gasteiger partial charge in [0.05, 0.1) is 12.0 Å². The number of carbonyl (C=O) groups is 2. The SMILES string of the molecule is CC(=O)C(C)CCCCNC(=O)CC1(O)C/C=C/CCCC1. The molecule has 0 aliphatic heterocycles. The second-order valence-electron chi connectivity index (χ2n) is 6.68. The predicted molar refractivity (Wildman–Crippen MR) is 88.5 cm³/mol. The molecule has 22 heavy (non-hydrogen) atoms. The number of Topliss-reactive ketones (excluding diaryl/α,β-unsaturated/α-hetero) is 1. The van der Waals surface area contributed by atoms with Crippen molar-refractivity contribution in [1.29, 1.82) is 0 Å². The van der Waals surface area contributed by atoms with Crippen LogP contribution in [-0.2, 0) is 9.59 Å². The van der Waals surface area contributed by atoms with Crippen LogP contribution in [0.15, 0.2) is 12.2 Å². The van der Waals surface area contributed by atoms with E-state index < -0.39 is 5.60 Å². The zero-order chi connectivity index (χ0) is 16.4. The largest absolute Gasteiger partial charge is 0.389 e. The number of carbonyl (C=O) groups excluding carboxylic acids is 2. The van der Waals surface area contributed by atoms with Gasteiger partial charge in [-0.3, -0.25) is 9.59 Å². The first kappa shape index (κ1) is 18.9. The van der Waals surface area contributed by atoms with Crippen LogP contribution in [0.4, 0.5) is 0 Å². The molecule has 2 unspecified atom stereocenters. The van der Waals surface area contributed by atoms with E-state index >= 15 is 0 Å². The smallest absolute Gasteiger partial charge is 0.222 e. The highest BCUT2D eigenvalue weighted by Gasteiger charge is 2.28. The zero-order valence-electron chi connectivity index (χ0n) is 14.1. The maximum absolute atomic E-state index is 12.0. The predicted octanol–water partition coefficient (Wildman–Crippen LogP) is 3.14. The molecule has 0 saturated heterocycles. The molecule has 0 aromatic rings. The molecule has 4 heteroatoms. The molecule has 1 aliphatic carbocycles. The van der Waals surface area contributed by atoms with Gasteiger partial charge in [0, 0.05) is 12.5 Å². The third-order valence-corrected chi connectivity index (χ3v) is 4.50. The van der Waals surface area contributed by atoms with Crippen molar-refractivity contribution in [3.63, 3.8) is 0 Å². The van der Waals surface area contributed by atoms with E-state index in [-0.39, 0.29) is 24.0 Å². The van der Waals surface area contributed by atoms with Gasteiger partial charge >= 0.3 is 0 Å². The molecule has 126 valence electrons. The number of nitrogens with one attached hydrogen (secondary N) is 1. The molecular weight excluding hydrogens is 278 g/mol. The monoisotopic (exact) mass is 309 g/mol. The topological polar surface area (TPSA) is 66.4 Å². The van der Waals surface area contributed by atoms with Gasteiger partial charge in [0.2, 0.25) is 5.91 Å². The molecule has 0 aromatic heterocycles. The number of aliphatic hydroxyl groups is 1. The molecule has 0 aromatic carbocycles. The fourth-order valence-corrected chi connectivity index (χ4v) is 2.77. The van der Waals surface area contributed by atoms with Crippen molar-refractivity contribution < 1.29 is 14.7 Å². The van der Waals surface area contributed by atoms with Gasteiger partial charge in [0.15, 0.2) is 0 Å². The minimum absolute atomic E-state index is 0.0731. The van der Waals surface area contributed by atoms with Gasteiger partial charge in [0.25, 0.3) is 0 Å². The van der Waals surface area contributed by atoms with Gasteiger partial charge in [-0.15, -0.1) is 0 Å². The number of rotatable bonds is 8. The van der Waals surface area contributed by atoms with E-state index in [9.17, 15) is 14.7 Å². The highest BCUT2D eigenvalue weighted by Crippen LogP contribution is 2.26. The first-order valence-corrected chi connectivity index (χ1v) is 8.57. The Morgan fingerprint density at radius 1 is 1.27 bits per heavy atom. The lowest BCUT2D eigenvalue weighted by atomic mass is 9.87. The van der Waals surface area contributed by atoms with Crippen LogP contribution in [0, 0.1) is 5.92 Å². The van der Waals surface area contributed by atoms with Gasteiger partial charge in [-0.05, 0) is 45.4 Å². The van der Waals surface area contributed by atoms with Gasteiger partial charge < -0.3 is 10.4 Å². The molecule has 0 spiro atoms. The average Bonchev–Trinajstić information content (AvgIpc) is 2.43. The maximum atomic E-state index is 12.0. The summed E-state index contributed by atoms with van der Waals surface area (Å²) in [6, 6.07) is 0. The van der Waals surface area contributed by atoms with E-state index in [2.05, 4.69) is 11.4 Å². The van der Waals surface area contributed by atoms with Crippen molar-refractivity contribution in [3.05, 3.63) is 12.2 Å². The van der Waals surface area contributed by atoms with Crippen molar-refractivity contribution in [1.82, 2.24) is 5.32 Å². The lowest BCUT2D eigenvalue weighted by Crippen LogP contribution is -2.37. The van der Waals surface area contributed by atoms with Crippen molar-refractivity contribution >= 4 is 11.7 Å². The highest BCUT2D eigenvalue weighted by atomic mass is 16.3. The average molecular weight is 309 g/mol. The van der Waals surface area contributed by atoms with E-state index in [4.69, 9.17) is 0 Å². The van der Waals surface area contributed by atoms with Crippen molar-refractivity contribution in [3.8, 4) is 0 Å². The summed E-state index contributed by atoms with van der Waals surface area (Å²) in [6.07, 6.45) is 11.3. The highest BCUT2D eigenvalue weighted by molar-refractivity contribution is 5.78. The Morgan fingerprint density at radius 2 is 2.05 bits per heavy atom. The maximum Gasteiger partial charge on any atom is 0.222 e. The molecule has 0 fully saturated rings. The molecule has 1 amide bonds. The number of amides is 1. The van der Waals surface area contributed by atoms with Crippen LogP contribution in [0.1, 0.15) is 71.6 Å². The Morgan fingerprint density at radius 3 is 2.77 bits per heavy atom. The van der Waals surface area contributed by atoms with Crippen LogP contribution in [0.25, 0.3) is 0 Å². The van der Waals surface area contributed by atoms with E-state index in [0.29, 0.717) is 19.4 Å². The van der Waals surface area contributed by atoms with Gasteiger partial charge in [-0.1, -0.05) is 31.9 Å². The normalized spacial score (nSPS) is 24.9. The minimum Gasteiger partial charge on any atom is -0.389 e. The Bertz CT molecular complexity index is 392. The molecule has 4 nitrogen and oxygen atoms in total. The van der Waals surface area contributed by atoms with Gasteiger partial charge in [-0.25, -0.2) is 0 Å². The van der Waals surface area contributed by atoms with E-state index in [0.717, 1.165) is 38.5 Å². The van der Waals surface area contributed by atoms with E-state index in [1.807, 2.05) is 13.0 Å². The lowest BCUT2D eigenvalue weighted by Gasteiger charge is -2.27. The lowest BCUT2D eigenvalue weighted by molar-refractivity contribution is -0.126. The van der Waals surface area contributed by atoms with Crippen molar-refractivity contribution in [2.75, 3.05) is 6.54 Å². The molecule has 0 bridgehead atoms. The molecule has 0 radical (unpaired) electrons. The van der Waals surface area contributed by atoms with E-state index in [1.165, 1.54) is 0 Å². The van der Waals surface area contributed by atoms with Crippen molar-refractivity contribution in [2.24, 2.45) is 5.92 Å². The minimum atomic E-state index is -0.885. The molecule has 2 N–H and O–H groups in total. The first-order chi connectivity index (χ1) is 10.4. The summed E-state index contributed by atoms with van der Waals surface area (Å²) in [7, 11) is 0. The molecular formula is C18H31NO3. The third-order valence-electron chi connectivity index (χ3n) is 4.50. The fourth-order valence-electron chi connectivity index (χ4n) is 2.77. The Balaban J connectivity index is 2.20. The molecule has 1 rings (SSSR count). The standard InChI is InChI=1S/C18H31NO3/c1-15(16(2)20)10-6-9-13-19-17(21)14-18(22)11-7-4-3-5-8-12-18/h4,7,15,22H,3,5-6,8-14H2,1-2H3,(H,19,21)/b7-4+. The van der Waals surface area contributed by atoms with Gasteiger partial charge in [0.1, 0.15) is 5.78 Å². The molecule has 0 heterocycles. The van der Waals surface area contributed by atoms with Gasteiger partial charge in [-0.2, -0.15) is 0 Å². The fraction of sp³-hybridized carbons (Fsp3) is 0.778. The summed E-state index contributed by atoms with van der Waals surface area (Å²) in [5.74, 6) is 0.262. The van der Waals surface area contributed by atoms with Crippen molar-refractivity contribution in [2.45, 2.75) is 77.2 Å². The quantitative estimate of drug-likeness (QED) is 0.535. The molecule has 2 atom stereocenters. The van der Waals surface area contributed by atoms with Crippen LogP contribution in [0.2, 0.25) is 0 Å². The first-order valence-electron chi connectivity index (χ1n) is 8.57. The zero-order valence-corrected chi connectivity index (χ0v) is 14.1. The summed E-state index contributed by atoms with van der Waals surface area (Å²) < 4.78 is 0. The van der Waals surface area contributed by atoms with Crippen LogP contribution in [-0.4, -0.2) is 28.9 Å². The summed E-state index contributed by atoms with van der Waals surface area (Å²) in [4.78, 5) is 23.1. The summed E-state index contributed by atoms with van der Waals surface area (Å²) >= 11 is 0. The van der Waals surface area contributed by atoms with Crippen LogP contribution < -0.4 is 5.32 Å². The summed E-state index contributed by atoms with van der Waals surface area (Å²) in [5, 5.41) is 13.4. The second-order valence-corrected chi connectivity index (χ2v) is 6.68. The number of ketones is 1. The van der Waals surface area contributed by atoms with E-state index in [1.54, 1.807) is 6.92 Å². The van der Waals surface area contributed by atoms with Crippen LogP contribution in [0.3, 0.4) is 0 Å². The van der Waals surface area contributed by atoms with Crippen LogP contribution >= 0.6 is 0 Å². The molecule has 1 aliphatic rings. The number of allylic oxidation sites excluding steroid dienone is 1. The summed E-state index contributed by atoms with van der Waals surface area (Å²) in [5.41, 5.74) is -0.885. The number of hydrogen-bond acceptors (Lipinski definition) is 3. The molecule has 0 saturated carbocycles. The third kappa shape index (κ3) is 7.74. The second kappa shape index (κ2) is 9.78. The Hall–Kier alpha value is -1.16. The number of unbranched alkanes of at least 4 members (excludes halogenated alkanes) is 1. The Labute approximate surface area is 134 Å². The van der Waals surface area contributed by atoms with Crippen LogP contribution in [0.5, 0.6) is 0 Å². The summed E-state index contributed by atoms with van der Waals surface area (Å²) in [6.45, 7) is 4.19. The number of hydrogen-bond donors (Lipinski definition) is 2.